The zero-order valence-electron chi connectivity index (χ0n) is 23.0. The molecule has 1 aromatic carbocycles. The van der Waals surface area contributed by atoms with E-state index in [1.807, 2.05) is 4.98 Å². The normalized spacial score (nSPS) is 24.0. The predicted octanol–water partition coefficient (Wildman–Crippen LogP) is 0.682. The summed E-state index contributed by atoms with van der Waals surface area (Å²) in [6, 6.07) is 4.94. The van der Waals surface area contributed by atoms with Gasteiger partial charge in [-0.05, 0) is 46.8 Å². The minimum Gasteiger partial charge on any atom is -0.575 e. The number of alkyl halides is 1. The lowest BCUT2D eigenvalue weighted by Crippen LogP contribution is -2.43. The molecule has 7 atom stereocenters. The lowest BCUT2D eigenvalue weighted by molar-refractivity contribution is -0.169. The number of nitrogens with zero attached hydrogens (tertiary/aromatic N) is 2. The number of hydrogen-bond donors (Lipinski definition) is 3. The van der Waals surface area contributed by atoms with Crippen LogP contribution in [0, 0.1) is 0 Å². The average Bonchev–Trinajstić information content (AvgIpc) is 3.11. The molecule has 1 aromatic heterocycles. The molecule has 224 valence electrons. The summed E-state index contributed by atoms with van der Waals surface area (Å²) < 4.78 is 41.7. The molecule has 14 nitrogen and oxygen atoms in total. The van der Waals surface area contributed by atoms with Crippen molar-refractivity contribution in [2.45, 2.75) is 76.9 Å². The number of benzene rings is 1. The number of rotatable bonds is 11. The smallest absolute Gasteiger partial charge is 0.395 e. The third kappa shape index (κ3) is 7.97. The first-order chi connectivity index (χ1) is 19.2. The van der Waals surface area contributed by atoms with Gasteiger partial charge in [-0.3, -0.25) is 23.7 Å². The predicted molar refractivity (Wildman–Crippen MR) is 141 cm³/mol. The van der Waals surface area contributed by atoms with E-state index in [4.69, 9.17) is 18.7 Å². The average molecular weight is 599 g/mol. The van der Waals surface area contributed by atoms with Crippen molar-refractivity contribution in [2.75, 3.05) is 6.61 Å². The summed E-state index contributed by atoms with van der Waals surface area (Å²) in [5.41, 5.74) is -4.02. The highest BCUT2D eigenvalue weighted by Gasteiger charge is 2.55. The number of halogens is 1. The number of hydrogen-bond acceptors (Lipinski definition) is 11. The van der Waals surface area contributed by atoms with Crippen molar-refractivity contribution in [1.29, 1.82) is 0 Å². The summed E-state index contributed by atoms with van der Waals surface area (Å²) in [7, 11) is -2.78. The highest BCUT2D eigenvalue weighted by atomic mass is 31.1. The van der Waals surface area contributed by atoms with Crippen molar-refractivity contribution in [2.24, 2.45) is 4.74 Å². The minimum atomic E-state index is -2.78. The number of aliphatic hydroxyl groups excluding tert-OH is 1. The third-order valence-corrected chi connectivity index (χ3v) is 6.85. The van der Waals surface area contributed by atoms with Crippen molar-refractivity contribution in [3.63, 3.8) is 0 Å². The Morgan fingerprint density at radius 2 is 1.90 bits per heavy atom. The fourth-order valence-electron chi connectivity index (χ4n) is 3.81. The molecular formula is C25H32FN4O10P. The molecule has 1 amide bonds. The summed E-state index contributed by atoms with van der Waals surface area (Å²) in [4.78, 5) is 62.3. The van der Waals surface area contributed by atoms with Crippen LogP contribution in [0.3, 0.4) is 0 Å². The molecule has 3 N–H and O–H groups in total. The van der Waals surface area contributed by atoms with Crippen LogP contribution in [-0.4, -0.2) is 69.2 Å². The Morgan fingerprint density at radius 1 is 1.24 bits per heavy atom. The van der Waals surface area contributed by atoms with Gasteiger partial charge in [-0.2, -0.15) is 0 Å². The number of aromatic nitrogens is 2. The maximum Gasteiger partial charge on any atom is 0.395 e. The van der Waals surface area contributed by atoms with Gasteiger partial charge in [0.25, 0.3) is 5.56 Å². The van der Waals surface area contributed by atoms with Crippen LogP contribution in [0.2, 0.25) is 0 Å². The number of carbonyl (C=O) groups is 2. The van der Waals surface area contributed by atoms with Crippen LogP contribution in [0.4, 0.5) is 4.39 Å². The molecule has 0 spiro atoms. The Bertz CT molecular complexity index is 1390. The van der Waals surface area contributed by atoms with E-state index >= 15 is 4.39 Å². The lowest BCUT2D eigenvalue weighted by Gasteiger charge is -2.24. The molecule has 2 aromatic rings. The van der Waals surface area contributed by atoms with Crippen LogP contribution in [0.1, 0.15) is 40.8 Å². The molecule has 1 aliphatic rings. The molecule has 1 fully saturated rings. The third-order valence-electron chi connectivity index (χ3n) is 5.96. The second-order valence-electron chi connectivity index (χ2n) is 9.73. The quantitative estimate of drug-likeness (QED) is 0.245. The Hall–Kier alpha value is -3.65. The van der Waals surface area contributed by atoms with Gasteiger partial charge < -0.3 is 29.5 Å². The Labute approximate surface area is 235 Å². The van der Waals surface area contributed by atoms with Crippen molar-refractivity contribution < 1.29 is 42.7 Å². The topological polar surface area (TPSA) is 194 Å². The highest BCUT2D eigenvalue weighted by Crippen LogP contribution is 2.41. The number of amides is 1. The number of ether oxygens (including phenoxy) is 3. The number of para-hydroxylation sites is 2. The van der Waals surface area contributed by atoms with Gasteiger partial charge in [0.15, 0.2) is 23.7 Å². The molecule has 0 bridgehead atoms. The molecule has 1 saturated heterocycles. The fourth-order valence-corrected chi connectivity index (χ4v) is 4.56. The number of esters is 1. The van der Waals surface area contributed by atoms with Crippen LogP contribution < -0.4 is 30.7 Å². The van der Waals surface area contributed by atoms with Crippen molar-refractivity contribution >= 4 is 20.0 Å². The molecule has 0 saturated carbocycles. The second-order valence-corrected chi connectivity index (χ2v) is 10.6. The maximum atomic E-state index is 15.4. The SMILES string of the molecule is CC(C)OC(=O)[C@H](C)NC(=O)[C@H](C)N=[P+]([O-])Oc1ccccc1OC[C@H]1O[C@@H](n2ccc(=O)[nH]c2=O)[C@](C)(F)[C@@H]1O. The van der Waals surface area contributed by atoms with Gasteiger partial charge in [-0.25, -0.2) is 14.0 Å². The number of aliphatic hydroxyl groups is 1. The fraction of sp³-hybridized carbons (Fsp3) is 0.520. The molecule has 0 aliphatic carbocycles. The van der Waals surface area contributed by atoms with E-state index in [1.165, 1.54) is 26.0 Å². The van der Waals surface area contributed by atoms with Gasteiger partial charge in [0.1, 0.15) is 24.9 Å². The van der Waals surface area contributed by atoms with Crippen LogP contribution in [-0.2, 0) is 19.1 Å². The standard InChI is InChI=1S/C25H32FN4O10P/c1-13(2)38-22(34)15(4)27-21(33)14(3)29-41(36)40-17-9-7-6-8-16(17)37-12-18-20(32)25(5,26)23(39-18)30-11-10-19(31)28-24(30)35/h6-11,13-15,18,20,23,32H,12H2,1-5H3,(H,27,33)(H,28,31,35)/t14-,15-,18+,20+,23+,25+/m0/s1. The highest BCUT2D eigenvalue weighted by molar-refractivity contribution is 7.34. The van der Waals surface area contributed by atoms with E-state index in [1.54, 1.807) is 26.0 Å². The number of nitrogens with one attached hydrogen (secondary N) is 2. The van der Waals surface area contributed by atoms with E-state index in [9.17, 15) is 29.2 Å². The molecule has 41 heavy (non-hydrogen) atoms. The Balaban J connectivity index is 1.65. The maximum absolute atomic E-state index is 15.4. The molecule has 3 rings (SSSR count). The first kappa shape index (κ1) is 31.9. The Morgan fingerprint density at radius 3 is 2.54 bits per heavy atom. The van der Waals surface area contributed by atoms with Crippen LogP contribution in [0.25, 0.3) is 0 Å². The first-order valence-corrected chi connectivity index (χ1v) is 13.8. The van der Waals surface area contributed by atoms with Crippen molar-refractivity contribution in [3.8, 4) is 11.5 Å². The minimum absolute atomic E-state index is 0.0252. The summed E-state index contributed by atoms with van der Waals surface area (Å²) in [6.07, 6.45) is -3.82. The summed E-state index contributed by atoms with van der Waals surface area (Å²) in [5.74, 6) is -1.28. The first-order valence-electron chi connectivity index (χ1n) is 12.6. The van der Waals surface area contributed by atoms with E-state index in [0.717, 1.165) is 23.8 Å². The van der Waals surface area contributed by atoms with Crippen LogP contribution in [0.5, 0.6) is 11.5 Å². The summed E-state index contributed by atoms with van der Waals surface area (Å²) in [6.45, 7) is 6.80. The molecular weight excluding hydrogens is 566 g/mol. The summed E-state index contributed by atoms with van der Waals surface area (Å²) in [5, 5.41) is 13.0. The van der Waals surface area contributed by atoms with E-state index in [-0.39, 0.29) is 17.6 Å². The number of H-pyrrole nitrogens is 1. The zero-order chi connectivity index (χ0) is 30.5. The van der Waals surface area contributed by atoms with Gasteiger partial charge in [-0.15, -0.1) is 0 Å². The second kappa shape index (κ2) is 13.3. The molecule has 1 aliphatic heterocycles. The van der Waals surface area contributed by atoms with E-state index in [0.29, 0.717) is 0 Å². The summed E-state index contributed by atoms with van der Waals surface area (Å²) >= 11 is 0. The van der Waals surface area contributed by atoms with E-state index < -0.39 is 74.1 Å². The van der Waals surface area contributed by atoms with E-state index in [2.05, 4.69) is 10.1 Å². The van der Waals surface area contributed by atoms with Gasteiger partial charge in [-0.1, -0.05) is 16.9 Å². The molecule has 1 unspecified atom stereocenters. The number of aromatic amines is 1. The van der Waals surface area contributed by atoms with Crippen LogP contribution >= 0.6 is 8.17 Å². The number of carbonyl (C=O) groups excluding carboxylic acids is 2. The van der Waals surface area contributed by atoms with Crippen LogP contribution in [0.15, 0.2) is 50.9 Å². The zero-order valence-corrected chi connectivity index (χ0v) is 23.9. The van der Waals surface area contributed by atoms with Gasteiger partial charge in [0.2, 0.25) is 11.7 Å². The monoisotopic (exact) mass is 598 g/mol. The van der Waals surface area contributed by atoms with Gasteiger partial charge >= 0.3 is 19.8 Å². The van der Waals surface area contributed by atoms with Gasteiger partial charge in [0.05, 0.1) is 6.10 Å². The molecule has 2 heterocycles. The molecule has 16 heteroatoms. The van der Waals surface area contributed by atoms with Crippen molar-refractivity contribution in [1.82, 2.24) is 14.9 Å². The van der Waals surface area contributed by atoms with Crippen molar-refractivity contribution in [3.05, 3.63) is 57.4 Å². The largest absolute Gasteiger partial charge is 0.575 e. The van der Waals surface area contributed by atoms with Gasteiger partial charge in [0, 0.05) is 12.3 Å². The lowest BCUT2D eigenvalue weighted by atomic mass is 9.98. The molecule has 0 radical (unpaired) electrons. The Kier molecular flexibility index (Phi) is 10.4.